The summed E-state index contributed by atoms with van der Waals surface area (Å²) < 4.78 is 5.25. The van der Waals surface area contributed by atoms with Crippen LogP contribution in [0.15, 0.2) is 64.3 Å². The number of aryl methyl sites for hydroxylation is 1. The van der Waals surface area contributed by atoms with Gasteiger partial charge in [-0.3, -0.25) is 9.59 Å². The van der Waals surface area contributed by atoms with Gasteiger partial charge in [-0.2, -0.15) is 5.26 Å². The number of anilines is 1. The second-order valence-corrected chi connectivity index (χ2v) is 9.20. The Bertz CT molecular complexity index is 1240. The lowest BCUT2D eigenvalue weighted by atomic mass is 9.77. The maximum absolute atomic E-state index is 12.9. The molecular formula is C26H25N3O4S. The van der Waals surface area contributed by atoms with Crippen molar-refractivity contribution in [2.45, 2.75) is 32.1 Å². The molecule has 3 N–H and O–H groups in total. The summed E-state index contributed by atoms with van der Waals surface area (Å²) >= 11 is 1.24. The molecule has 0 fully saturated rings. The molecule has 4 rings (SSSR count). The third kappa shape index (κ3) is 4.80. The van der Waals surface area contributed by atoms with E-state index in [-0.39, 0.29) is 28.9 Å². The van der Waals surface area contributed by atoms with Gasteiger partial charge in [-0.05, 0) is 49.6 Å². The third-order valence-corrected chi connectivity index (χ3v) is 6.90. The molecule has 1 heterocycles. The van der Waals surface area contributed by atoms with Crippen LogP contribution >= 0.6 is 11.8 Å². The number of rotatable bonds is 6. The van der Waals surface area contributed by atoms with Crippen LogP contribution in [0.5, 0.6) is 11.5 Å². The number of nitrogens with zero attached hydrogens (tertiary/aromatic N) is 1. The maximum Gasteiger partial charge on any atom is 0.234 e. The summed E-state index contributed by atoms with van der Waals surface area (Å²) in [6.45, 7) is 1.98. The Hall–Kier alpha value is -3.70. The van der Waals surface area contributed by atoms with E-state index in [1.807, 2.05) is 31.2 Å². The number of benzene rings is 2. The number of ether oxygens (including phenoxy) is 1. The van der Waals surface area contributed by atoms with Crippen molar-refractivity contribution in [1.29, 1.82) is 5.26 Å². The van der Waals surface area contributed by atoms with Crippen LogP contribution in [0.3, 0.4) is 0 Å². The number of nitriles is 1. The number of dihydropyridines is 1. The Balaban J connectivity index is 1.64. The van der Waals surface area contributed by atoms with Crippen molar-refractivity contribution >= 4 is 29.1 Å². The summed E-state index contributed by atoms with van der Waals surface area (Å²) in [5, 5.41) is 26.8. The predicted octanol–water partition coefficient (Wildman–Crippen LogP) is 4.51. The van der Waals surface area contributed by atoms with Crippen LogP contribution in [0.2, 0.25) is 0 Å². The number of hydrogen-bond donors (Lipinski definition) is 3. The van der Waals surface area contributed by atoms with Gasteiger partial charge in [-0.15, -0.1) is 0 Å². The van der Waals surface area contributed by atoms with Crippen LogP contribution < -0.4 is 15.4 Å². The second kappa shape index (κ2) is 10.1. The minimum atomic E-state index is -0.591. The van der Waals surface area contributed by atoms with Gasteiger partial charge in [0.2, 0.25) is 5.91 Å². The molecule has 2 aromatic rings. The average Bonchev–Trinajstić information content (AvgIpc) is 2.84. The number of aromatic hydroxyl groups is 1. The summed E-state index contributed by atoms with van der Waals surface area (Å²) in [6, 6.07) is 14.6. The summed E-state index contributed by atoms with van der Waals surface area (Å²) in [5.41, 5.74) is 4.22. The number of nitrogens with one attached hydrogen (secondary N) is 2. The van der Waals surface area contributed by atoms with Crippen molar-refractivity contribution in [3.8, 4) is 17.6 Å². The zero-order valence-electron chi connectivity index (χ0n) is 19.0. The van der Waals surface area contributed by atoms with E-state index in [0.717, 1.165) is 17.7 Å². The molecular weight excluding hydrogens is 450 g/mol. The second-order valence-electron chi connectivity index (χ2n) is 8.22. The van der Waals surface area contributed by atoms with Crippen LogP contribution in [0.4, 0.5) is 5.69 Å². The molecule has 0 aromatic heterocycles. The molecule has 174 valence electrons. The van der Waals surface area contributed by atoms with Gasteiger partial charge in [0.05, 0.1) is 35.5 Å². The van der Waals surface area contributed by atoms with Crippen molar-refractivity contribution in [2.24, 2.45) is 0 Å². The third-order valence-electron chi connectivity index (χ3n) is 5.88. The lowest BCUT2D eigenvalue weighted by molar-refractivity contribution is -0.116. The summed E-state index contributed by atoms with van der Waals surface area (Å²) in [5.74, 6) is -0.433. The fourth-order valence-electron chi connectivity index (χ4n) is 4.22. The Kier molecular flexibility index (Phi) is 6.94. The molecule has 2 aromatic carbocycles. The largest absolute Gasteiger partial charge is 0.504 e. The van der Waals surface area contributed by atoms with Gasteiger partial charge in [-0.1, -0.05) is 35.5 Å². The Labute approximate surface area is 202 Å². The molecule has 0 spiro atoms. The van der Waals surface area contributed by atoms with Crippen LogP contribution in [0.1, 0.15) is 36.3 Å². The van der Waals surface area contributed by atoms with E-state index < -0.39 is 5.92 Å². The number of hydrogen-bond acceptors (Lipinski definition) is 7. The average molecular weight is 476 g/mol. The number of thioether (sulfide) groups is 1. The highest BCUT2D eigenvalue weighted by molar-refractivity contribution is 8.03. The molecule has 0 saturated heterocycles. The Morgan fingerprint density at radius 3 is 2.74 bits per heavy atom. The van der Waals surface area contributed by atoms with E-state index in [1.54, 1.807) is 12.1 Å². The number of Topliss-reactive ketones (excluding diaryl/α,β-unsaturated/α-hetero) is 1. The highest BCUT2D eigenvalue weighted by atomic mass is 32.2. The predicted molar refractivity (Wildman–Crippen MR) is 131 cm³/mol. The molecule has 1 aliphatic heterocycles. The number of ketones is 1. The van der Waals surface area contributed by atoms with E-state index >= 15 is 0 Å². The monoisotopic (exact) mass is 475 g/mol. The number of amides is 1. The van der Waals surface area contributed by atoms with E-state index in [0.29, 0.717) is 40.3 Å². The molecule has 0 saturated carbocycles. The molecule has 0 unspecified atom stereocenters. The van der Waals surface area contributed by atoms with Gasteiger partial charge in [0.15, 0.2) is 17.3 Å². The van der Waals surface area contributed by atoms with Crippen molar-refractivity contribution in [3.63, 3.8) is 0 Å². The Morgan fingerprint density at radius 2 is 2.03 bits per heavy atom. The van der Waals surface area contributed by atoms with E-state index in [1.165, 1.54) is 24.9 Å². The fraction of sp³-hybridized carbons (Fsp3) is 0.269. The van der Waals surface area contributed by atoms with E-state index in [4.69, 9.17) is 4.74 Å². The van der Waals surface area contributed by atoms with Crippen molar-refractivity contribution < 1.29 is 19.4 Å². The van der Waals surface area contributed by atoms with Gasteiger partial charge in [-0.25, -0.2) is 0 Å². The van der Waals surface area contributed by atoms with Crippen LogP contribution in [0, 0.1) is 18.3 Å². The quantitative estimate of drug-likeness (QED) is 0.564. The highest BCUT2D eigenvalue weighted by Gasteiger charge is 2.37. The number of carbonyl (C=O) groups is 2. The zero-order valence-corrected chi connectivity index (χ0v) is 19.8. The first-order chi connectivity index (χ1) is 16.4. The van der Waals surface area contributed by atoms with Gasteiger partial charge in [0.1, 0.15) is 0 Å². The molecule has 1 amide bonds. The number of carbonyl (C=O) groups excluding carboxylic acids is 2. The highest BCUT2D eigenvalue weighted by Crippen LogP contribution is 2.45. The summed E-state index contributed by atoms with van der Waals surface area (Å²) in [4.78, 5) is 25.5. The standard InChI is InChI=1S/C26H25N3O4S/c1-15-6-9-17(10-7-15)28-23(32)14-34-26-18(13-27)24(16-8-11-20(30)22(12-16)33-2)25-19(29-26)4-3-5-21(25)31/h6-12,24,29-30H,3-5,14H2,1-2H3,(H,28,32)/t24-/m1/s1. The number of phenols is 1. The van der Waals surface area contributed by atoms with E-state index in [9.17, 15) is 20.0 Å². The summed E-state index contributed by atoms with van der Waals surface area (Å²) in [6.07, 6.45) is 1.83. The van der Waals surface area contributed by atoms with Crippen molar-refractivity contribution in [2.75, 3.05) is 18.2 Å². The lowest BCUT2D eigenvalue weighted by Gasteiger charge is -2.33. The first kappa shape index (κ1) is 23.5. The molecule has 34 heavy (non-hydrogen) atoms. The molecule has 0 bridgehead atoms. The molecule has 0 radical (unpaired) electrons. The maximum atomic E-state index is 12.9. The molecule has 1 atom stereocenters. The number of methoxy groups -OCH3 is 1. The first-order valence-corrected chi connectivity index (χ1v) is 11.9. The van der Waals surface area contributed by atoms with Gasteiger partial charge >= 0.3 is 0 Å². The molecule has 2 aliphatic rings. The molecule has 8 heteroatoms. The van der Waals surface area contributed by atoms with Crippen LogP contribution in [-0.2, 0) is 9.59 Å². The first-order valence-electron chi connectivity index (χ1n) is 10.9. The smallest absolute Gasteiger partial charge is 0.234 e. The normalized spacial score (nSPS) is 17.6. The summed E-state index contributed by atoms with van der Waals surface area (Å²) in [7, 11) is 1.45. The number of phenolic OH excluding ortho intramolecular Hbond substituents is 1. The van der Waals surface area contributed by atoms with Crippen molar-refractivity contribution in [1.82, 2.24) is 5.32 Å². The van der Waals surface area contributed by atoms with Crippen LogP contribution in [-0.4, -0.2) is 29.7 Å². The minimum absolute atomic E-state index is 0.000272. The van der Waals surface area contributed by atoms with E-state index in [2.05, 4.69) is 16.7 Å². The van der Waals surface area contributed by atoms with Gasteiger partial charge in [0, 0.05) is 23.4 Å². The Morgan fingerprint density at radius 1 is 1.26 bits per heavy atom. The van der Waals surface area contributed by atoms with Crippen LogP contribution in [0.25, 0.3) is 0 Å². The minimum Gasteiger partial charge on any atom is -0.504 e. The molecule has 7 nitrogen and oxygen atoms in total. The van der Waals surface area contributed by atoms with Crippen molar-refractivity contribution in [3.05, 3.63) is 75.5 Å². The SMILES string of the molecule is COc1cc([C@@H]2C(C#N)=C(SCC(=O)Nc3ccc(C)cc3)NC3=C2C(=O)CCC3)ccc1O. The van der Waals surface area contributed by atoms with Gasteiger partial charge < -0.3 is 20.5 Å². The zero-order chi connectivity index (χ0) is 24.2. The molecule has 1 aliphatic carbocycles. The van der Waals surface area contributed by atoms with Gasteiger partial charge in [0.25, 0.3) is 0 Å². The number of allylic oxidation sites excluding steroid dienone is 3. The fourth-order valence-corrected chi connectivity index (χ4v) is 5.08. The topological polar surface area (TPSA) is 111 Å². The lowest BCUT2D eigenvalue weighted by Crippen LogP contribution is -2.31.